The van der Waals surface area contributed by atoms with E-state index in [0.29, 0.717) is 12.2 Å². The molecule has 0 saturated heterocycles. The van der Waals surface area contributed by atoms with Crippen molar-refractivity contribution in [3.63, 3.8) is 0 Å². The molecule has 1 amide bonds. The molecule has 1 atom stereocenters. The molecule has 2 rings (SSSR count). The van der Waals surface area contributed by atoms with Crippen LogP contribution in [-0.2, 0) is 0 Å². The lowest BCUT2D eigenvalue weighted by Gasteiger charge is -2.19. The average Bonchev–Trinajstić information content (AvgIpc) is 2.90. The number of nitrogen functional groups attached to an aromatic ring is 1. The summed E-state index contributed by atoms with van der Waals surface area (Å²) in [5.41, 5.74) is 6.37. The van der Waals surface area contributed by atoms with Gasteiger partial charge in [0.05, 0.1) is 13.2 Å². The van der Waals surface area contributed by atoms with Crippen molar-refractivity contribution < 1.29 is 14.2 Å². The van der Waals surface area contributed by atoms with Crippen molar-refractivity contribution in [2.45, 2.75) is 19.4 Å². The third-order valence-corrected chi connectivity index (χ3v) is 2.96. The minimum absolute atomic E-state index is 0.0154. The topological polar surface area (TPSA) is 103 Å². The fourth-order valence-corrected chi connectivity index (χ4v) is 1.93. The lowest BCUT2D eigenvalue weighted by atomic mass is 10.0. The van der Waals surface area contributed by atoms with E-state index in [1.54, 1.807) is 7.11 Å². The summed E-state index contributed by atoms with van der Waals surface area (Å²) in [6.45, 7) is 1.96. The van der Waals surface area contributed by atoms with E-state index in [4.69, 9.17) is 10.5 Å². The molecular formula is C13H16N4O3. The molecule has 0 fully saturated rings. The average molecular weight is 276 g/mol. The number of methoxy groups -OCH3 is 1. The van der Waals surface area contributed by atoms with Gasteiger partial charge in [-0.2, -0.15) is 0 Å². The van der Waals surface area contributed by atoms with E-state index in [1.165, 1.54) is 0 Å². The van der Waals surface area contributed by atoms with Crippen LogP contribution in [0.4, 0.5) is 5.82 Å². The number of carbonyl (C=O) groups excluding carboxylic acids is 1. The maximum Gasteiger partial charge on any atom is 0.277 e. The SMILES string of the molecule is CCC(NC(=O)c1nonc1N)c1ccccc1OC. The van der Waals surface area contributed by atoms with E-state index in [0.717, 1.165) is 5.56 Å². The van der Waals surface area contributed by atoms with E-state index in [2.05, 4.69) is 20.3 Å². The van der Waals surface area contributed by atoms with Crippen molar-refractivity contribution in [3.05, 3.63) is 35.5 Å². The molecule has 0 spiro atoms. The zero-order valence-electron chi connectivity index (χ0n) is 11.3. The molecule has 0 saturated carbocycles. The number of nitrogens with two attached hydrogens (primary N) is 1. The van der Waals surface area contributed by atoms with Crippen LogP contribution in [0.25, 0.3) is 0 Å². The summed E-state index contributed by atoms with van der Waals surface area (Å²) in [7, 11) is 1.59. The van der Waals surface area contributed by atoms with Gasteiger partial charge in [0.1, 0.15) is 5.75 Å². The minimum Gasteiger partial charge on any atom is -0.496 e. The van der Waals surface area contributed by atoms with Crippen molar-refractivity contribution >= 4 is 11.7 Å². The maximum atomic E-state index is 12.1. The largest absolute Gasteiger partial charge is 0.496 e. The summed E-state index contributed by atoms with van der Waals surface area (Å²) >= 11 is 0. The number of para-hydroxylation sites is 1. The molecular weight excluding hydrogens is 260 g/mol. The second-order valence-electron chi connectivity index (χ2n) is 4.17. The molecule has 3 N–H and O–H groups in total. The number of rotatable bonds is 5. The number of aromatic nitrogens is 2. The lowest BCUT2D eigenvalue weighted by Crippen LogP contribution is -2.29. The zero-order chi connectivity index (χ0) is 14.5. The quantitative estimate of drug-likeness (QED) is 0.858. The van der Waals surface area contributed by atoms with Crippen LogP contribution in [0.15, 0.2) is 28.9 Å². The van der Waals surface area contributed by atoms with Gasteiger partial charge in [0.2, 0.25) is 11.5 Å². The highest BCUT2D eigenvalue weighted by molar-refractivity contribution is 5.96. The first-order valence-corrected chi connectivity index (χ1v) is 6.19. The molecule has 1 aromatic carbocycles. The normalized spacial score (nSPS) is 11.9. The number of hydrogen-bond donors (Lipinski definition) is 2. The first-order chi connectivity index (χ1) is 9.67. The van der Waals surface area contributed by atoms with Gasteiger partial charge < -0.3 is 15.8 Å². The molecule has 0 radical (unpaired) electrons. The number of benzene rings is 1. The highest BCUT2D eigenvalue weighted by Crippen LogP contribution is 2.27. The molecule has 1 heterocycles. The van der Waals surface area contributed by atoms with Gasteiger partial charge in [-0.25, -0.2) is 4.63 Å². The molecule has 1 aromatic heterocycles. The number of nitrogens with zero attached hydrogens (tertiary/aromatic N) is 2. The van der Waals surface area contributed by atoms with E-state index in [1.807, 2.05) is 31.2 Å². The Bertz CT molecular complexity index is 597. The number of hydrogen-bond acceptors (Lipinski definition) is 6. The smallest absolute Gasteiger partial charge is 0.277 e. The predicted molar refractivity (Wildman–Crippen MR) is 72.2 cm³/mol. The second kappa shape index (κ2) is 6.05. The van der Waals surface area contributed by atoms with Gasteiger partial charge in [-0.1, -0.05) is 25.1 Å². The summed E-state index contributed by atoms with van der Waals surface area (Å²) < 4.78 is 9.72. The Morgan fingerprint density at radius 1 is 1.45 bits per heavy atom. The predicted octanol–water partition coefficient (Wildman–Crippen LogP) is 1.54. The molecule has 0 aliphatic carbocycles. The number of carbonyl (C=O) groups is 1. The Hall–Kier alpha value is -2.57. The van der Waals surface area contributed by atoms with Crippen LogP contribution in [0.1, 0.15) is 35.4 Å². The Morgan fingerprint density at radius 2 is 2.20 bits per heavy atom. The van der Waals surface area contributed by atoms with Gasteiger partial charge in [0.15, 0.2) is 0 Å². The number of ether oxygens (including phenoxy) is 1. The molecule has 1 unspecified atom stereocenters. The molecule has 0 aliphatic heterocycles. The molecule has 20 heavy (non-hydrogen) atoms. The van der Waals surface area contributed by atoms with Gasteiger partial charge >= 0.3 is 0 Å². The molecule has 0 bridgehead atoms. The first-order valence-electron chi connectivity index (χ1n) is 6.19. The van der Waals surface area contributed by atoms with E-state index >= 15 is 0 Å². The standard InChI is InChI=1S/C13H16N4O3/c1-3-9(8-6-4-5-7-10(8)19-2)15-13(18)11-12(14)17-20-16-11/h4-7,9H,3H2,1-2H3,(H2,14,17)(H,15,18). The Labute approximate surface area is 116 Å². The van der Waals surface area contributed by atoms with Crippen LogP contribution in [0.5, 0.6) is 5.75 Å². The first kappa shape index (κ1) is 13.9. The maximum absolute atomic E-state index is 12.1. The summed E-state index contributed by atoms with van der Waals surface area (Å²) in [5.74, 6) is 0.254. The fourth-order valence-electron chi connectivity index (χ4n) is 1.93. The fraction of sp³-hybridized carbons (Fsp3) is 0.308. The van der Waals surface area contributed by atoms with Crippen LogP contribution in [0, 0.1) is 0 Å². The van der Waals surface area contributed by atoms with Gasteiger partial charge in [-0.3, -0.25) is 4.79 Å². The van der Waals surface area contributed by atoms with Crippen molar-refractivity contribution in [2.24, 2.45) is 0 Å². The van der Waals surface area contributed by atoms with Gasteiger partial charge in [0.25, 0.3) is 5.91 Å². The van der Waals surface area contributed by atoms with Gasteiger partial charge in [-0.15, -0.1) is 0 Å². The summed E-state index contributed by atoms with van der Waals surface area (Å²) in [4.78, 5) is 12.1. The van der Waals surface area contributed by atoms with Crippen LogP contribution in [0.3, 0.4) is 0 Å². The molecule has 2 aromatic rings. The van der Waals surface area contributed by atoms with Crippen molar-refractivity contribution in [1.82, 2.24) is 15.6 Å². The highest BCUT2D eigenvalue weighted by atomic mass is 16.6. The Balaban J connectivity index is 2.21. The number of amides is 1. The van der Waals surface area contributed by atoms with Gasteiger partial charge in [0, 0.05) is 5.56 Å². The monoisotopic (exact) mass is 276 g/mol. The Kier molecular flexibility index (Phi) is 4.19. The molecule has 0 aliphatic rings. The van der Waals surface area contributed by atoms with Crippen molar-refractivity contribution in [1.29, 1.82) is 0 Å². The number of nitrogens with one attached hydrogen (secondary N) is 1. The van der Waals surface area contributed by atoms with Crippen molar-refractivity contribution in [2.75, 3.05) is 12.8 Å². The molecule has 7 nitrogen and oxygen atoms in total. The third-order valence-electron chi connectivity index (χ3n) is 2.96. The zero-order valence-corrected chi connectivity index (χ0v) is 11.3. The van der Waals surface area contributed by atoms with Crippen LogP contribution in [0.2, 0.25) is 0 Å². The van der Waals surface area contributed by atoms with Crippen LogP contribution < -0.4 is 15.8 Å². The van der Waals surface area contributed by atoms with Crippen LogP contribution >= 0.6 is 0 Å². The van der Waals surface area contributed by atoms with Crippen LogP contribution in [-0.4, -0.2) is 23.3 Å². The summed E-state index contributed by atoms with van der Waals surface area (Å²) in [6, 6.07) is 7.29. The van der Waals surface area contributed by atoms with E-state index in [9.17, 15) is 4.79 Å². The van der Waals surface area contributed by atoms with Crippen molar-refractivity contribution in [3.8, 4) is 5.75 Å². The van der Waals surface area contributed by atoms with Gasteiger partial charge in [-0.05, 0) is 22.8 Å². The van der Waals surface area contributed by atoms with E-state index in [-0.39, 0.29) is 17.6 Å². The minimum atomic E-state index is -0.429. The number of anilines is 1. The summed E-state index contributed by atoms with van der Waals surface area (Å²) in [5, 5.41) is 9.71. The third kappa shape index (κ3) is 2.71. The lowest BCUT2D eigenvalue weighted by molar-refractivity contribution is 0.0926. The molecule has 7 heteroatoms. The summed E-state index contributed by atoms with van der Waals surface area (Å²) in [6.07, 6.45) is 0.692. The second-order valence-corrected chi connectivity index (χ2v) is 4.17. The molecule has 106 valence electrons. The highest BCUT2D eigenvalue weighted by Gasteiger charge is 2.21. The van der Waals surface area contributed by atoms with E-state index < -0.39 is 5.91 Å². The Morgan fingerprint density at radius 3 is 2.80 bits per heavy atom.